The Morgan fingerprint density at radius 3 is 2.00 bits per heavy atom. The second-order valence-corrected chi connectivity index (χ2v) is 11.1. The van der Waals surface area contributed by atoms with Gasteiger partial charge in [0.05, 0.1) is 18.3 Å². The summed E-state index contributed by atoms with van der Waals surface area (Å²) in [5, 5.41) is 0.629. The van der Waals surface area contributed by atoms with Crippen LogP contribution in [-0.2, 0) is 23.9 Å². The van der Waals surface area contributed by atoms with Crippen LogP contribution in [0, 0.1) is 29.1 Å². The average molecular weight is 585 g/mol. The van der Waals surface area contributed by atoms with Gasteiger partial charge in [-0.2, -0.15) is 13.2 Å². The molecule has 0 aliphatic heterocycles. The van der Waals surface area contributed by atoms with E-state index in [1.807, 2.05) is 25.1 Å². The van der Waals surface area contributed by atoms with Crippen molar-refractivity contribution in [1.82, 2.24) is 0 Å². The van der Waals surface area contributed by atoms with Crippen LogP contribution in [0.25, 0.3) is 21.2 Å². The molecule has 0 radical (unpaired) electrons. The number of hydrogen-bond donors (Lipinski definition) is 0. The fourth-order valence-corrected chi connectivity index (χ4v) is 6.61. The molecule has 40 heavy (non-hydrogen) atoms. The Morgan fingerprint density at radius 1 is 0.800 bits per heavy atom. The van der Waals surface area contributed by atoms with Crippen molar-refractivity contribution in [1.29, 1.82) is 0 Å². The van der Waals surface area contributed by atoms with Crippen molar-refractivity contribution in [3.63, 3.8) is 0 Å². The fraction of sp³-hybridized carbons (Fsp3) is 0.333. The molecule has 1 aromatic heterocycles. The first-order valence-electron chi connectivity index (χ1n) is 12.8. The predicted molar refractivity (Wildman–Crippen MR) is 138 cm³/mol. The van der Waals surface area contributed by atoms with E-state index < -0.39 is 46.1 Å². The number of ether oxygens (including phenoxy) is 1. The third-order valence-electron chi connectivity index (χ3n) is 7.37. The van der Waals surface area contributed by atoms with Gasteiger partial charge in [0.1, 0.15) is 34.6 Å². The van der Waals surface area contributed by atoms with Crippen molar-refractivity contribution in [2.24, 2.45) is 0 Å². The van der Waals surface area contributed by atoms with Gasteiger partial charge < -0.3 is 4.74 Å². The van der Waals surface area contributed by atoms with Crippen LogP contribution in [0.15, 0.2) is 42.5 Å². The molecule has 212 valence electrons. The lowest BCUT2D eigenvalue weighted by Gasteiger charge is -2.28. The number of thiophene rings is 1. The molecule has 0 amide bonds. The first kappa shape index (κ1) is 28.5. The van der Waals surface area contributed by atoms with Gasteiger partial charge in [-0.05, 0) is 85.0 Å². The zero-order chi connectivity index (χ0) is 28.8. The van der Waals surface area contributed by atoms with Crippen LogP contribution < -0.4 is 0 Å². The number of hydrogen-bond acceptors (Lipinski definition) is 2. The summed E-state index contributed by atoms with van der Waals surface area (Å²) in [7, 11) is 0. The van der Waals surface area contributed by atoms with E-state index in [4.69, 9.17) is 4.74 Å². The molecular weight excluding hydrogens is 560 g/mol. The SMILES string of the molecule is CCc1ccc2c(F)c(C3CCC(OCc4cc(F)c(-c5cc(F)c(C(F)(F)F)c(F)c5)c(F)c4)CC3)sc2c1. The normalized spacial score (nSPS) is 18.0. The summed E-state index contributed by atoms with van der Waals surface area (Å²) in [6.07, 6.45) is -1.98. The number of benzene rings is 3. The minimum absolute atomic E-state index is 0.0565. The summed E-state index contributed by atoms with van der Waals surface area (Å²) in [4.78, 5) is 0.734. The molecule has 1 fully saturated rings. The van der Waals surface area contributed by atoms with Crippen LogP contribution in [0.5, 0.6) is 0 Å². The zero-order valence-corrected chi connectivity index (χ0v) is 22.1. The van der Waals surface area contributed by atoms with E-state index in [9.17, 15) is 30.7 Å². The maximum Gasteiger partial charge on any atom is 0.422 e. The Hall–Kier alpha value is -2.98. The van der Waals surface area contributed by atoms with Gasteiger partial charge in [0.2, 0.25) is 0 Å². The molecule has 1 nitrogen and oxygen atoms in total. The van der Waals surface area contributed by atoms with Gasteiger partial charge in [-0.15, -0.1) is 11.3 Å². The van der Waals surface area contributed by atoms with Gasteiger partial charge in [0, 0.05) is 15.0 Å². The van der Waals surface area contributed by atoms with E-state index in [0.717, 1.165) is 33.7 Å². The third kappa shape index (κ3) is 5.61. The maximum absolute atomic E-state index is 15.1. The highest BCUT2D eigenvalue weighted by molar-refractivity contribution is 7.19. The summed E-state index contributed by atoms with van der Waals surface area (Å²) < 4.78 is 118. The molecule has 3 aromatic carbocycles. The predicted octanol–water partition coefficient (Wildman–Crippen LogP) is 10.1. The van der Waals surface area contributed by atoms with Gasteiger partial charge in [-0.25, -0.2) is 22.0 Å². The summed E-state index contributed by atoms with van der Waals surface area (Å²) in [6.45, 7) is 1.90. The summed E-state index contributed by atoms with van der Waals surface area (Å²) in [5.41, 5.74) is -2.39. The van der Waals surface area contributed by atoms with Gasteiger partial charge >= 0.3 is 6.18 Å². The second kappa shape index (κ2) is 11.1. The number of fused-ring (bicyclic) bond motifs is 1. The number of aryl methyl sites for hydroxylation is 1. The molecule has 1 saturated carbocycles. The monoisotopic (exact) mass is 584 g/mol. The highest BCUT2D eigenvalue weighted by Gasteiger charge is 2.38. The van der Waals surface area contributed by atoms with Crippen molar-refractivity contribution in [3.05, 3.63) is 93.1 Å². The van der Waals surface area contributed by atoms with Crippen LogP contribution >= 0.6 is 11.3 Å². The van der Waals surface area contributed by atoms with Crippen molar-refractivity contribution in [3.8, 4) is 11.1 Å². The summed E-state index contributed by atoms with van der Waals surface area (Å²) in [6, 6.07) is 8.14. The molecule has 10 heteroatoms. The Labute approximate surface area is 229 Å². The summed E-state index contributed by atoms with van der Waals surface area (Å²) in [5.74, 6) is -6.43. The molecule has 0 atom stereocenters. The second-order valence-electron chi connectivity index (χ2n) is 10.00. The third-order valence-corrected chi connectivity index (χ3v) is 8.66. The maximum atomic E-state index is 15.1. The lowest BCUT2D eigenvalue weighted by Crippen LogP contribution is -2.20. The topological polar surface area (TPSA) is 9.23 Å². The van der Waals surface area contributed by atoms with Crippen molar-refractivity contribution >= 4 is 21.4 Å². The zero-order valence-electron chi connectivity index (χ0n) is 21.3. The quantitative estimate of drug-likeness (QED) is 0.205. The first-order valence-corrected chi connectivity index (χ1v) is 13.6. The number of halogens is 8. The Balaban J connectivity index is 1.24. The van der Waals surface area contributed by atoms with Crippen molar-refractivity contribution in [2.45, 2.75) is 63.8 Å². The average Bonchev–Trinajstić information content (AvgIpc) is 3.21. The van der Waals surface area contributed by atoms with Crippen LogP contribution in [0.4, 0.5) is 35.1 Å². The van der Waals surface area contributed by atoms with Gasteiger partial charge in [0.15, 0.2) is 0 Å². The van der Waals surface area contributed by atoms with Crippen LogP contribution in [0.1, 0.15) is 60.1 Å². The van der Waals surface area contributed by atoms with E-state index in [2.05, 4.69) is 0 Å². The first-order chi connectivity index (χ1) is 19.0. The lowest BCUT2D eigenvalue weighted by atomic mass is 9.86. The van der Waals surface area contributed by atoms with Crippen LogP contribution in [-0.4, -0.2) is 6.10 Å². The number of rotatable bonds is 6. The molecule has 0 spiro atoms. The minimum Gasteiger partial charge on any atom is -0.374 e. The van der Waals surface area contributed by atoms with Crippen molar-refractivity contribution in [2.75, 3.05) is 0 Å². The van der Waals surface area contributed by atoms with Crippen LogP contribution in [0.2, 0.25) is 0 Å². The van der Waals surface area contributed by atoms with E-state index >= 15 is 4.39 Å². The van der Waals surface area contributed by atoms with E-state index in [-0.39, 0.29) is 42.1 Å². The largest absolute Gasteiger partial charge is 0.422 e. The molecule has 4 aromatic rings. The lowest BCUT2D eigenvalue weighted by molar-refractivity contribution is -0.142. The Bertz CT molecular complexity index is 1500. The van der Waals surface area contributed by atoms with Gasteiger partial charge in [-0.1, -0.05) is 19.1 Å². The molecule has 0 unspecified atom stereocenters. The summed E-state index contributed by atoms with van der Waals surface area (Å²) >= 11 is 1.48. The molecule has 0 N–H and O–H groups in total. The Morgan fingerprint density at radius 2 is 1.43 bits per heavy atom. The molecular formula is C30H24F8OS. The minimum atomic E-state index is -5.30. The Kier molecular flexibility index (Phi) is 7.94. The molecule has 1 heterocycles. The molecule has 1 aliphatic rings. The highest BCUT2D eigenvalue weighted by Crippen LogP contribution is 2.43. The van der Waals surface area contributed by atoms with Crippen molar-refractivity contribution < 1.29 is 39.9 Å². The van der Waals surface area contributed by atoms with E-state index in [0.29, 0.717) is 31.1 Å². The smallest absolute Gasteiger partial charge is 0.374 e. The molecule has 0 bridgehead atoms. The van der Waals surface area contributed by atoms with E-state index in [1.165, 1.54) is 11.3 Å². The highest BCUT2D eigenvalue weighted by atomic mass is 32.1. The fourth-order valence-electron chi connectivity index (χ4n) is 5.29. The standard InChI is InChI=1S/C30H24F8OS/c1-2-15-3-8-20-25(11-15)40-29(28(20)35)17-4-6-19(7-5-17)39-14-16-9-21(31)26(22(32)10-16)18-12-23(33)27(24(34)13-18)30(36,37)38/h3,8-13,17,19H,2,4-7,14H2,1H3. The molecule has 5 rings (SSSR count). The number of alkyl halides is 3. The molecule has 0 saturated heterocycles. The van der Waals surface area contributed by atoms with Gasteiger partial charge in [0.25, 0.3) is 0 Å². The van der Waals surface area contributed by atoms with Crippen LogP contribution in [0.3, 0.4) is 0 Å². The van der Waals surface area contributed by atoms with E-state index in [1.54, 1.807) is 0 Å². The molecule has 1 aliphatic carbocycles. The van der Waals surface area contributed by atoms with Gasteiger partial charge in [-0.3, -0.25) is 0 Å².